The topological polar surface area (TPSA) is 18.5 Å². The van der Waals surface area contributed by atoms with Crippen molar-refractivity contribution in [2.24, 2.45) is 0 Å². The fourth-order valence-electron chi connectivity index (χ4n) is 3.47. The molecule has 0 aromatic heterocycles. The van der Waals surface area contributed by atoms with Crippen LogP contribution >= 0.6 is 23.5 Å². The Bertz CT molecular complexity index is 248. The summed E-state index contributed by atoms with van der Waals surface area (Å²) in [5.74, 6) is 2.43. The lowest BCUT2D eigenvalue weighted by Crippen LogP contribution is -2.37. The second-order valence-corrected chi connectivity index (χ2v) is 8.68. The van der Waals surface area contributed by atoms with Gasteiger partial charge in [0.25, 0.3) is 0 Å². The SMILES string of the molecule is C1CCC(OC2SCCSC2OC2CCCCC2)CC1. The van der Waals surface area contributed by atoms with E-state index in [4.69, 9.17) is 9.47 Å². The van der Waals surface area contributed by atoms with Crippen molar-refractivity contribution in [3.8, 4) is 0 Å². The van der Waals surface area contributed by atoms with Crippen LogP contribution in [0.3, 0.4) is 0 Å². The molecule has 1 saturated heterocycles. The van der Waals surface area contributed by atoms with Gasteiger partial charge in [-0.1, -0.05) is 38.5 Å². The first-order valence-electron chi connectivity index (χ1n) is 8.46. The van der Waals surface area contributed by atoms with E-state index in [9.17, 15) is 0 Å². The van der Waals surface area contributed by atoms with Crippen LogP contribution in [0.5, 0.6) is 0 Å². The molecule has 0 spiro atoms. The summed E-state index contributed by atoms with van der Waals surface area (Å²) in [4.78, 5) is 0. The fraction of sp³-hybridized carbons (Fsp3) is 1.00. The van der Waals surface area contributed by atoms with Gasteiger partial charge in [-0.05, 0) is 25.7 Å². The van der Waals surface area contributed by atoms with Gasteiger partial charge in [0.15, 0.2) is 0 Å². The molecule has 0 amide bonds. The monoisotopic (exact) mass is 316 g/mol. The Morgan fingerprint density at radius 3 is 1.35 bits per heavy atom. The van der Waals surface area contributed by atoms with E-state index < -0.39 is 0 Å². The average molecular weight is 317 g/mol. The molecule has 0 bridgehead atoms. The van der Waals surface area contributed by atoms with Crippen molar-refractivity contribution in [2.45, 2.75) is 87.3 Å². The van der Waals surface area contributed by atoms with Crippen LogP contribution in [0, 0.1) is 0 Å². The first-order chi connectivity index (χ1) is 9.92. The number of hydrogen-bond acceptors (Lipinski definition) is 4. The Labute approximate surface area is 132 Å². The molecule has 2 unspecified atom stereocenters. The fourth-order valence-corrected chi connectivity index (χ4v) is 6.09. The van der Waals surface area contributed by atoms with Crippen LogP contribution in [0.2, 0.25) is 0 Å². The van der Waals surface area contributed by atoms with E-state index in [2.05, 4.69) is 0 Å². The molecule has 3 fully saturated rings. The van der Waals surface area contributed by atoms with Crippen molar-refractivity contribution >= 4 is 23.5 Å². The van der Waals surface area contributed by atoms with Crippen LogP contribution in [0.4, 0.5) is 0 Å². The van der Waals surface area contributed by atoms with Gasteiger partial charge in [-0.3, -0.25) is 0 Å². The van der Waals surface area contributed by atoms with Crippen molar-refractivity contribution in [2.75, 3.05) is 11.5 Å². The summed E-state index contributed by atoms with van der Waals surface area (Å²) in [6.45, 7) is 0. The number of rotatable bonds is 4. The standard InChI is InChI=1S/C16H28O2S2/c1-3-7-13(8-4-1)17-15-16(20-12-11-19-15)18-14-9-5-2-6-10-14/h13-16H,1-12H2. The van der Waals surface area contributed by atoms with Crippen molar-refractivity contribution in [1.82, 2.24) is 0 Å². The van der Waals surface area contributed by atoms with E-state index in [-0.39, 0.29) is 10.9 Å². The number of ether oxygens (including phenoxy) is 2. The maximum absolute atomic E-state index is 6.40. The number of thioether (sulfide) groups is 2. The van der Waals surface area contributed by atoms with Gasteiger partial charge < -0.3 is 9.47 Å². The molecule has 0 N–H and O–H groups in total. The van der Waals surface area contributed by atoms with Gasteiger partial charge in [-0.25, -0.2) is 0 Å². The van der Waals surface area contributed by atoms with Gasteiger partial charge in [0.2, 0.25) is 0 Å². The van der Waals surface area contributed by atoms with Gasteiger partial charge in [0.05, 0.1) is 12.2 Å². The quantitative estimate of drug-likeness (QED) is 0.740. The van der Waals surface area contributed by atoms with E-state index in [1.807, 2.05) is 23.5 Å². The van der Waals surface area contributed by atoms with E-state index >= 15 is 0 Å². The summed E-state index contributed by atoms with van der Waals surface area (Å²) in [5, 5.41) is 0. The van der Waals surface area contributed by atoms with Gasteiger partial charge in [-0.2, -0.15) is 0 Å². The average Bonchev–Trinajstić information content (AvgIpc) is 2.51. The summed E-state index contributed by atoms with van der Waals surface area (Å²) in [5.41, 5.74) is 0.553. The third-order valence-corrected chi connectivity index (χ3v) is 7.31. The predicted octanol–water partition coefficient (Wildman–Crippen LogP) is 4.82. The van der Waals surface area contributed by atoms with Crippen LogP contribution in [0.25, 0.3) is 0 Å². The minimum absolute atomic E-state index is 0.277. The third kappa shape index (κ3) is 4.56. The maximum atomic E-state index is 6.40. The van der Waals surface area contributed by atoms with Crippen LogP contribution in [0.15, 0.2) is 0 Å². The summed E-state index contributed by atoms with van der Waals surface area (Å²) in [6.07, 6.45) is 14.2. The summed E-state index contributed by atoms with van der Waals surface area (Å²) >= 11 is 3.97. The predicted molar refractivity (Wildman–Crippen MR) is 88.4 cm³/mol. The van der Waals surface area contributed by atoms with E-state index in [1.165, 1.54) is 75.7 Å². The first kappa shape index (κ1) is 15.5. The van der Waals surface area contributed by atoms with Gasteiger partial charge in [0, 0.05) is 11.5 Å². The zero-order chi connectivity index (χ0) is 13.6. The molecule has 1 heterocycles. The smallest absolute Gasteiger partial charge is 0.139 e. The molecule has 0 aromatic rings. The Morgan fingerprint density at radius 1 is 0.550 bits per heavy atom. The van der Waals surface area contributed by atoms with Crippen molar-refractivity contribution in [3.63, 3.8) is 0 Å². The largest absolute Gasteiger partial charge is 0.361 e. The highest BCUT2D eigenvalue weighted by Crippen LogP contribution is 2.37. The molecular weight excluding hydrogens is 288 g/mol. The Hall–Kier alpha value is 0.620. The molecule has 4 heteroatoms. The minimum Gasteiger partial charge on any atom is -0.361 e. The summed E-state index contributed by atoms with van der Waals surface area (Å²) in [6, 6.07) is 0. The van der Waals surface area contributed by atoms with Crippen molar-refractivity contribution in [1.29, 1.82) is 0 Å². The zero-order valence-electron chi connectivity index (χ0n) is 12.4. The molecule has 2 aliphatic carbocycles. The molecule has 2 nitrogen and oxygen atoms in total. The molecule has 0 radical (unpaired) electrons. The van der Waals surface area contributed by atoms with Gasteiger partial charge in [-0.15, -0.1) is 23.5 Å². The van der Waals surface area contributed by atoms with Crippen LogP contribution in [0.1, 0.15) is 64.2 Å². The maximum Gasteiger partial charge on any atom is 0.139 e. The van der Waals surface area contributed by atoms with E-state index in [0.29, 0.717) is 12.2 Å². The molecule has 3 aliphatic rings. The number of hydrogen-bond donors (Lipinski definition) is 0. The molecule has 3 rings (SSSR count). The summed E-state index contributed by atoms with van der Waals surface area (Å²) < 4.78 is 12.8. The zero-order valence-corrected chi connectivity index (χ0v) is 14.1. The Balaban J connectivity index is 1.49. The van der Waals surface area contributed by atoms with E-state index in [1.54, 1.807) is 0 Å². The highest BCUT2D eigenvalue weighted by atomic mass is 32.2. The first-order valence-corrected chi connectivity index (χ1v) is 10.6. The molecule has 2 saturated carbocycles. The van der Waals surface area contributed by atoms with Crippen molar-refractivity contribution in [3.05, 3.63) is 0 Å². The summed E-state index contributed by atoms with van der Waals surface area (Å²) in [7, 11) is 0. The normalized spacial score (nSPS) is 34.2. The van der Waals surface area contributed by atoms with Gasteiger partial charge >= 0.3 is 0 Å². The highest BCUT2D eigenvalue weighted by Gasteiger charge is 2.33. The third-order valence-electron chi connectivity index (χ3n) is 4.63. The molecule has 1 aliphatic heterocycles. The molecular formula is C16H28O2S2. The minimum atomic E-state index is 0.277. The Morgan fingerprint density at radius 2 is 0.950 bits per heavy atom. The lowest BCUT2D eigenvalue weighted by molar-refractivity contribution is -0.0691. The van der Waals surface area contributed by atoms with Crippen molar-refractivity contribution < 1.29 is 9.47 Å². The van der Waals surface area contributed by atoms with Gasteiger partial charge in [0.1, 0.15) is 10.9 Å². The molecule has 116 valence electrons. The second kappa shape index (κ2) is 8.30. The van der Waals surface area contributed by atoms with E-state index in [0.717, 1.165) is 0 Å². The Kier molecular flexibility index (Phi) is 6.44. The van der Waals surface area contributed by atoms with Crippen LogP contribution in [-0.2, 0) is 9.47 Å². The molecule has 20 heavy (non-hydrogen) atoms. The lowest BCUT2D eigenvalue weighted by atomic mass is 9.98. The second-order valence-electron chi connectivity index (χ2n) is 6.27. The highest BCUT2D eigenvalue weighted by molar-refractivity contribution is 8.06. The molecule has 0 aromatic carbocycles. The lowest BCUT2D eigenvalue weighted by Gasteiger charge is -2.37. The van der Waals surface area contributed by atoms with Crippen LogP contribution in [-0.4, -0.2) is 34.6 Å². The molecule has 2 atom stereocenters. The van der Waals surface area contributed by atoms with Crippen LogP contribution < -0.4 is 0 Å².